The molecule has 0 bridgehead atoms. The number of amides is 1. The third kappa shape index (κ3) is 4.08. The molecule has 142 valence electrons. The van der Waals surface area contributed by atoms with Gasteiger partial charge in [0.05, 0.1) is 19.3 Å². The van der Waals surface area contributed by atoms with Crippen molar-refractivity contribution in [3.63, 3.8) is 0 Å². The largest absolute Gasteiger partial charge is 0.381 e. The van der Waals surface area contributed by atoms with Gasteiger partial charge in [-0.1, -0.05) is 0 Å². The number of pyridine rings is 1. The van der Waals surface area contributed by atoms with E-state index in [1.165, 1.54) is 0 Å². The van der Waals surface area contributed by atoms with E-state index in [1.54, 1.807) is 12.4 Å². The van der Waals surface area contributed by atoms with Gasteiger partial charge in [-0.3, -0.25) is 9.78 Å². The average Bonchev–Trinajstić information content (AvgIpc) is 3.27. The number of carbonyl (C=O) groups excluding carboxylic acids is 1. The van der Waals surface area contributed by atoms with E-state index < -0.39 is 0 Å². The second kappa shape index (κ2) is 8.46. The summed E-state index contributed by atoms with van der Waals surface area (Å²) in [5, 5.41) is 0. The summed E-state index contributed by atoms with van der Waals surface area (Å²) in [4.78, 5) is 18.8. The number of ether oxygens (including phenoxy) is 3. The molecule has 4 heterocycles. The Morgan fingerprint density at radius 1 is 1.23 bits per heavy atom. The predicted molar refractivity (Wildman–Crippen MR) is 95.4 cm³/mol. The molecule has 6 heteroatoms. The summed E-state index contributed by atoms with van der Waals surface area (Å²) in [6, 6.07) is 3.96. The maximum Gasteiger partial charge on any atom is 0.225 e. The maximum absolute atomic E-state index is 12.7. The fraction of sp³-hybridized carbons (Fsp3) is 0.700. The van der Waals surface area contributed by atoms with Crippen LogP contribution in [0.15, 0.2) is 24.5 Å². The number of hydrogen-bond acceptors (Lipinski definition) is 5. The molecule has 1 aromatic heterocycles. The molecule has 0 saturated carbocycles. The van der Waals surface area contributed by atoms with E-state index in [-0.39, 0.29) is 12.0 Å². The van der Waals surface area contributed by atoms with Gasteiger partial charge in [-0.05, 0) is 42.9 Å². The molecule has 3 saturated heterocycles. The van der Waals surface area contributed by atoms with Crippen LogP contribution >= 0.6 is 0 Å². The Morgan fingerprint density at radius 3 is 2.85 bits per heavy atom. The van der Waals surface area contributed by atoms with Crippen LogP contribution in [-0.2, 0) is 25.6 Å². The molecule has 3 aliphatic rings. The summed E-state index contributed by atoms with van der Waals surface area (Å²) in [6.45, 7) is 5.18. The highest BCUT2D eigenvalue weighted by Gasteiger charge is 2.45. The van der Waals surface area contributed by atoms with Crippen LogP contribution in [-0.4, -0.2) is 61.4 Å². The molecule has 26 heavy (non-hydrogen) atoms. The van der Waals surface area contributed by atoms with E-state index in [9.17, 15) is 4.79 Å². The van der Waals surface area contributed by atoms with Crippen LogP contribution in [0.4, 0.5) is 0 Å². The molecular weight excluding hydrogens is 332 g/mol. The average molecular weight is 360 g/mol. The first-order valence-corrected chi connectivity index (χ1v) is 9.76. The summed E-state index contributed by atoms with van der Waals surface area (Å²) < 4.78 is 17.2. The van der Waals surface area contributed by atoms with Crippen molar-refractivity contribution in [1.82, 2.24) is 9.88 Å². The molecule has 3 aliphatic heterocycles. The van der Waals surface area contributed by atoms with Crippen LogP contribution in [0, 0.1) is 17.8 Å². The Hall–Kier alpha value is -1.50. The van der Waals surface area contributed by atoms with Crippen molar-refractivity contribution < 1.29 is 19.0 Å². The third-order valence-electron chi connectivity index (χ3n) is 5.97. The van der Waals surface area contributed by atoms with Crippen LogP contribution in [0.1, 0.15) is 24.8 Å². The van der Waals surface area contributed by atoms with Crippen LogP contribution < -0.4 is 0 Å². The molecule has 4 rings (SSSR count). The molecule has 0 N–H and O–H groups in total. The van der Waals surface area contributed by atoms with Gasteiger partial charge in [0.25, 0.3) is 0 Å². The molecular formula is C20H28N2O4. The highest BCUT2D eigenvalue weighted by atomic mass is 16.5. The van der Waals surface area contributed by atoms with Gasteiger partial charge in [0, 0.05) is 57.1 Å². The lowest BCUT2D eigenvalue weighted by Crippen LogP contribution is -2.38. The van der Waals surface area contributed by atoms with Crippen LogP contribution in [0.3, 0.4) is 0 Å². The maximum atomic E-state index is 12.7. The van der Waals surface area contributed by atoms with Crippen molar-refractivity contribution in [2.24, 2.45) is 17.8 Å². The topological polar surface area (TPSA) is 60.9 Å². The fourth-order valence-electron chi connectivity index (χ4n) is 4.38. The molecule has 0 radical (unpaired) electrons. The van der Waals surface area contributed by atoms with Crippen LogP contribution in [0.2, 0.25) is 0 Å². The standard InChI is InChI=1S/C20H28N2O4/c23-20(16-3-8-24-9-4-16)22-11-18-17(14-26-19(18)12-22)5-10-25-13-15-1-6-21-7-2-15/h1-2,6-7,16-19H,3-5,8-14H2/t17-,18-,19-/m0/s1. The second-order valence-electron chi connectivity index (χ2n) is 7.62. The third-order valence-corrected chi connectivity index (χ3v) is 5.97. The van der Waals surface area contributed by atoms with Crippen molar-refractivity contribution in [3.05, 3.63) is 30.1 Å². The van der Waals surface area contributed by atoms with Gasteiger partial charge in [-0.15, -0.1) is 0 Å². The number of carbonyl (C=O) groups is 1. The monoisotopic (exact) mass is 360 g/mol. The first-order chi connectivity index (χ1) is 12.8. The van der Waals surface area contributed by atoms with E-state index in [2.05, 4.69) is 4.98 Å². The Kier molecular flexibility index (Phi) is 5.82. The van der Waals surface area contributed by atoms with E-state index in [1.807, 2.05) is 17.0 Å². The molecule has 0 aliphatic carbocycles. The summed E-state index contributed by atoms with van der Waals surface area (Å²) in [7, 11) is 0. The van der Waals surface area contributed by atoms with Gasteiger partial charge in [0.15, 0.2) is 0 Å². The first kappa shape index (κ1) is 17.9. The molecule has 3 atom stereocenters. The molecule has 6 nitrogen and oxygen atoms in total. The van der Waals surface area contributed by atoms with E-state index >= 15 is 0 Å². The van der Waals surface area contributed by atoms with Gasteiger partial charge in [0.2, 0.25) is 5.91 Å². The van der Waals surface area contributed by atoms with E-state index in [4.69, 9.17) is 14.2 Å². The summed E-state index contributed by atoms with van der Waals surface area (Å²) in [6.07, 6.45) is 6.50. The Morgan fingerprint density at radius 2 is 2.04 bits per heavy atom. The Bertz CT molecular complexity index is 591. The zero-order chi connectivity index (χ0) is 17.8. The highest BCUT2D eigenvalue weighted by Crippen LogP contribution is 2.36. The van der Waals surface area contributed by atoms with Gasteiger partial charge in [0.1, 0.15) is 0 Å². The van der Waals surface area contributed by atoms with E-state index in [0.29, 0.717) is 37.6 Å². The van der Waals surface area contributed by atoms with Gasteiger partial charge in [-0.25, -0.2) is 0 Å². The molecule has 0 aromatic carbocycles. The van der Waals surface area contributed by atoms with Crippen molar-refractivity contribution in [1.29, 1.82) is 0 Å². The van der Waals surface area contributed by atoms with Crippen LogP contribution in [0.25, 0.3) is 0 Å². The molecule has 1 amide bonds. The van der Waals surface area contributed by atoms with Crippen molar-refractivity contribution in [2.45, 2.75) is 32.0 Å². The Labute approximate surface area is 154 Å². The highest BCUT2D eigenvalue weighted by molar-refractivity contribution is 5.79. The molecule has 3 fully saturated rings. The fourth-order valence-corrected chi connectivity index (χ4v) is 4.38. The second-order valence-corrected chi connectivity index (χ2v) is 7.62. The van der Waals surface area contributed by atoms with Gasteiger partial charge in [-0.2, -0.15) is 0 Å². The molecule has 0 spiro atoms. The minimum Gasteiger partial charge on any atom is -0.381 e. The smallest absolute Gasteiger partial charge is 0.225 e. The SMILES string of the molecule is O=C(C1CCOCC1)N1C[C@H]2[C@@H](CCOCc3ccncc3)CO[C@H]2C1. The number of likely N-dealkylation sites (tertiary alicyclic amines) is 1. The van der Waals surface area contributed by atoms with E-state index in [0.717, 1.165) is 51.1 Å². The predicted octanol–water partition coefficient (Wildman–Crippen LogP) is 1.89. The summed E-state index contributed by atoms with van der Waals surface area (Å²) >= 11 is 0. The number of nitrogens with zero attached hydrogens (tertiary/aromatic N) is 2. The van der Waals surface area contributed by atoms with Crippen molar-refractivity contribution in [3.8, 4) is 0 Å². The summed E-state index contributed by atoms with van der Waals surface area (Å²) in [5.74, 6) is 1.40. The van der Waals surface area contributed by atoms with Gasteiger partial charge >= 0.3 is 0 Å². The van der Waals surface area contributed by atoms with Gasteiger partial charge < -0.3 is 19.1 Å². The molecule has 0 unspecified atom stereocenters. The van der Waals surface area contributed by atoms with Crippen LogP contribution in [0.5, 0.6) is 0 Å². The normalized spacial score (nSPS) is 29.1. The lowest BCUT2D eigenvalue weighted by Gasteiger charge is -2.27. The first-order valence-electron chi connectivity index (χ1n) is 9.76. The zero-order valence-corrected chi connectivity index (χ0v) is 15.2. The van der Waals surface area contributed by atoms with Crippen molar-refractivity contribution >= 4 is 5.91 Å². The Balaban J connectivity index is 1.22. The van der Waals surface area contributed by atoms with Crippen molar-refractivity contribution in [2.75, 3.05) is 39.5 Å². The minimum atomic E-state index is 0.143. The quantitative estimate of drug-likeness (QED) is 0.725. The summed E-state index contributed by atoms with van der Waals surface area (Å²) in [5.41, 5.74) is 1.15. The number of aromatic nitrogens is 1. The number of hydrogen-bond donors (Lipinski definition) is 0. The number of fused-ring (bicyclic) bond motifs is 1. The lowest BCUT2D eigenvalue weighted by molar-refractivity contribution is -0.138. The number of rotatable bonds is 6. The lowest BCUT2D eigenvalue weighted by atomic mass is 9.91. The zero-order valence-electron chi connectivity index (χ0n) is 15.2. The minimum absolute atomic E-state index is 0.143. The molecule has 1 aromatic rings.